The monoisotopic (exact) mass is 464 g/mol. The number of amides is 1. The number of hydrogen-bond acceptors (Lipinski definition) is 5. The molecule has 5 rings (SSSR count). The number of ether oxygens (including phenoxy) is 2. The van der Waals surface area contributed by atoms with Crippen LogP contribution < -0.4 is 14.8 Å². The largest absolute Gasteiger partial charge is 0.497 e. The Morgan fingerprint density at radius 3 is 2.66 bits per heavy atom. The second-order valence-corrected chi connectivity index (χ2v) is 8.13. The number of pyridine rings is 1. The molecule has 6 nitrogen and oxygen atoms in total. The van der Waals surface area contributed by atoms with Gasteiger partial charge in [-0.25, -0.2) is 0 Å². The molecule has 0 aliphatic heterocycles. The van der Waals surface area contributed by atoms with E-state index in [9.17, 15) is 4.79 Å². The molecular weight excluding hydrogens is 440 g/mol. The van der Waals surface area contributed by atoms with Crippen molar-refractivity contribution >= 4 is 39.0 Å². The van der Waals surface area contributed by atoms with Gasteiger partial charge in [0, 0.05) is 40.2 Å². The van der Waals surface area contributed by atoms with E-state index >= 15 is 0 Å². The lowest BCUT2D eigenvalue weighted by Gasteiger charge is -2.11. The Bertz CT molecular complexity index is 1580. The number of methoxy groups -OCH3 is 2. The minimum absolute atomic E-state index is 0.247. The number of anilines is 1. The molecular formula is C29H24N2O4. The van der Waals surface area contributed by atoms with E-state index < -0.39 is 0 Å². The van der Waals surface area contributed by atoms with Gasteiger partial charge in [-0.15, -0.1) is 0 Å². The summed E-state index contributed by atoms with van der Waals surface area (Å²) < 4.78 is 16.8. The summed E-state index contributed by atoms with van der Waals surface area (Å²) >= 11 is 0. The maximum absolute atomic E-state index is 12.9. The van der Waals surface area contributed by atoms with Crippen molar-refractivity contribution in [2.75, 3.05) is 19.5 Å². The number of nitrogens with one attached hydrogen (secondary N) is 1. The highest BCUT2D eigenvalue weighted by atomic mass is 16.5. The summed E-state index contributed by atoms with van der Waals surface area (Å²) in [5, 5.41) is 4.83. The number of aromatic nitrogens is 1. The van der Waals surface area contributed by atoms with Gasteiger partial charge in [0.1, 0.15) is 17.1 Å². The van der Waals surface area contributed by atoms with Gasteiger partial charge in [-0.1, -0.05) is 30.3 Å². The number of benzene rings is 3. The second kappa shape index (κ2) is 9.35. The Morgan fingerprint density at radius 2 is 1.83 bits per heavy atom. The zero-order valence-electron chi connectivity index (χ0n) is 19.7. The lowest BCUT2D eigenvalue weighted by molar-refractivity contribution is -0.111. The van der Waals surface area contributed by atoms with Crippen molar-refractivity contribution in [3.05, 3.63) is 90.8 Å². The van der Waals surface area contributed by atoms with E-state index in [0.29, 0.717) is 17.0 Å². The molecule has 0 radical (unpaired) electrons. The van der Waals surface area contributed by atoms with Crippen molar-refractivity contribution in [3.63, 3.8) is 0 Å². The van der Waals surface area contributed by atoms with Crippen molar-refractivity contribution in [1.82, 2.24) is 4.98 Å². The van der Waals surface area contributed by atoms with Crippen LogP contribution in [0.3, 0.4) is 0 Å². The number of carbonyl (C=O) groups is 1. The summed E-state index contributed by atoms with van der Waals surface area (Å²) in [6.45, 7) is 1.88. The number of allylic oxidation sites excluding steroid dienone is 1. The van der Waals surface area contributed by atoms with Crippen LogP contribution >= 0.6 is 0 Å². The van der Waals surface area contributed by atoms with Crippen LogP contribution in [0.2, 0.25) is 0 Å². The third-order valence-electron chi connectivity index (χ3n) is 5.94. The van der Waals surface area contributed by atoms with Crippen molar-refractivity contribution < 1.29 is 18.7 Å². The van der Waals surface area contributed by atoms with Gasteiger partial charge >= 0.3 is 0 Å². The van der Waals surface area contributed by atoms with Crippen LogP contribution in [0, 0.1) is 0 Å². The SMILES string of the molecule is COc1cccc(-c2coc3cc(OC)c(/C(C)=C/C(=O)Nc4cccc5cccnc45)cc23)c1. The number of carbonyl (C=O) groups excluding carboxylic acids is 1. The zero-order valence-corrected chi connectivity index (χ0v) is 19.7. The number of hydrogen-bond donors (Lipinski definition) is 1. The molecule has 174 valence electrons. The maximum atomic E-state index is 12.9. The average molecular weight is 465 g/mol. The molecule has 0 spiro atoms. The smallest absolute Gasteiger partial charge is 0.248 e. The third kappa shape index (κ3) is 4.34. The minimum Gasteiger partial charge on any atom is -0.497 e. The van der Waals surface area contributed by atoms with Gasteiger partial charge in [-0.3, -0.25) is 9.78 Å². The van der Waals surface area contributed by atoms with E-state index in [-0.39, 0.29) is 5.91 Å². The molecule has 0 unspecified atom stereocenters. The highest BCUT2D eigenvalue weighted by Gasteiger charge is 2.15. The van der Waals surface area contributed by atoms with E-state index in [2.05, 4.69) is 10.3 Å². The molecule has 0 aliphatic carbocycles. The minimum atomic E-state index is -0.247. The molecule has 0 fully saturated rings. The molecule has 35 heavy (non-hydrogen) atoms. The second-order valence-electron chi connectivity index (χ2n) is 8.13. The molecule has 0 aliphatic rings. The Labute approximate surface area is 202 Å². The van der Waals surface area contributed by atoms with Gasteiger partial charge in [-0.2, -0.15) is 0 Å². The molecule has 1 amide bonds. The maximum Gasteiger partial charge on any atom is 0.248 e. The van der Waals surface area contributed by atoms with Gasteiger partial charge in [0.2, 0.25) is 5.91 Å². The molecule has 1 N–H and O–H groups in total. The summed E-state index contributed by atoms with van der Waals surface area (Å²) in [7, 11) is 3.24. The summed E-state index contributed by atoms with van der Waals surface area (Å²) in [6, 6.07) is 21.2. The van der Waals surface area contributed by atoms with Gasteiger partial charge in [0.25, 0.3) is 0 Å². The highest BCUT2D eigenvalue weighted by Crippen LogP contribution is 2.38. The lowest BCUT2D eigenvalue weighted by Crippen LogP contribution is -2.09. The molecule has 0 saturated heterocycles. The molecule has 0 bridgehead atoms. The predicted molar refractivity (Wildman–Crippen MR) is 139 cm³/mol. The predicted octanol–water partition coefficient (Wildman–Crippen LogP) is 6.71. The van der Waals surface area contributed by atoms with Crippen LogP contribution in [-0.4, -0.2) is 25.1 Å². The van der Waals surface area contributed by atoms with Crippen LogP contribution in [0.25, 0.3) is 38.6 Å². The van der Waals surface area contributed by atoms with Crippen molar-refractivity contribution in [2.24, 2.45) is 0 Å². The van der Waals surface area contributed by atoms with E-state index in [4.69, 9.17) is 13.9 Å². The Morgan fingerprint density at radius 1 is 1.00 bits per heavy atom. The normalized spacial score (nSPS) is 11.6. The van der Waals surface area contributed by atoms with Gasteiger partial charge in [0.15, 0.2) is 0 Å². The fourth-order valence-electron chi connectivity index (χ4n) is 4.19. The number of fused-ring (bicyclic) bond motifs is 2. The first kappa shape index (κ1) is 22.2. The molecule has 0 atom stereocenters. The Hall–Kier alpha value is -4.58. The number of nitrogens with zero attached hydrogens (tertiary/aromatic N) is 1. The van der Waals surface area contributed by atoms with E-state index in [0.717, 1.165) is 44.3 Å². The summed E-state index contributed by atoms with van der Waals surface area (Å²) in [5.41, 5.74) is 5.57. The molecule has 3 aromatic carbocycles. The summed E-state index contributed by atoms with van der Waals surface area (Å²) in [6.07, 6.45) is 5.00. The molecule has 5 aromatic rings. The van der Waals surface area contributed by atoms with E-state index in [1.54, 1.807) is 32.8 Å². The topological polar surface area (TPSA) is 73.6 Å². The number of para-hydroxylation sites is 1. The van der Waals surface area contributed by atoms with Crippen LogP contribution in [-0.2, 0) is 4.79 Å². The van der Waals surface area contributed by atoms with Gasteiger partial charge in [0.05, 0.1) is 31.7 Å². The van der Waals surface area contributed by atoms with Crippen molar-refractivity contribution in [1.29, 1.82) is 0 Å². The third-order valence-corrected chi connectivity index (χ3v) is 5.94. The molecule has 2 heterocycles. The number of furan rings is 1. The zero-order chi connectivity index (χ0) is 24.4. The molecule has 2 aromatic heterocycles. The molecule has 0 saturated carbocycles. The molecule has 6 heteroatoms. The van der Waals surface area contributed by atoms with Gasteiger partial charge in [-0.05, 0) is 48.4 Å². The van der Waals surface area contributed by atoms with E-state index in [1.807, 2.05) is 73.7 Å². The fourth-order valence-corrected chi connectivity index (χ4v) is 4.19. The van der Waals surface area contributed by atoms with E-state index in [1.165, 1.54) is 0 Å². The van der Waals surface area contributed by atoms with Crippen LogP contribution in [0.1, 0.15) is 12.5 Å². The first-order valence-electron chi connectivity index (χ1n) is 11.1. The Kier molecular flexibility index (Phi) is 5.94. The average Bonchev–Trinajstić information content (AvgIpc) is 3.31. The Balaban J connectivity index is 1.51. The summed E-state index contributed by atoms with van der Waals surface area (Å²) in [4.78, 5) is 17.3. The highest BCUT2D eigenvalue weighted by molar-refractivity contribution is 6.08. The fraction of sp³-hybridized carbons (Fsp3) is 0.103. The summed E-state index contributed by atoms with van der Waals surface area (Å²) in [5.74, 6) is 1.14. The van der Waals surface area contributed by atoms with Crippen LogP contribution in [0.15, 0.2) is 89.7 Å². The standard InChI is InChI=1S/C29H24N2O4/c1-18(13-28(32)31-25-11-5-7-19-9-6-12-30-29(19)25)22-15-23-24(17-35-27(23)16-26(22)34-3)20-8-4-10-21(14-20)33-2/h4-17H,1-3H3,(H,31,32)/b18-13+. The number of rotatable bonds is 6. The first-order chi connectivity index (χ1) is 17.1. The first-order valence-corrected chi connectivity index (χ1v) is 11.1. The van der Waals surface area contributed by atoms with Crippen molar-refractivity contribution in [3.8, 4) is 22.6 Å². The van der Waals surface area contributed by atoms with Crippen LogP contribution in [0.5, 0.6) is 11.5 Å². The van der Waals surface area contributed by atoms with Crippen LogP contribution in [0.4, 0.5) is 5.69 Å². The van der Waals surface area contributed by atoms with Crippen molar-refractivity contribution in [2.45, 2.75) is 6.92 Å². The quantitative estimate of drug-likeness (QED) is 0.283. The van der Waals surface area contributed by atoms with Gasteiger partial charge < -0.3 is 19.2 Å². The lowest BCUT2D eigenvalue weighted by atomic mass is 9.99.